The molecule has 0 aromatic carbocycles. The Morgan fingerprint density at radius 1 is 1.10 bits per heavy atom. The molecule has 20 heavy (non-hydrogen) atoms. The van der Waals surface area contributed by atoms with E-state index in [-0.39, 0.29) is 6.10 Å². The van der Waals surface area contributed by atoms with Crippen LogP contribution in [0.5, 0.6) is 0 Å². The Morgan fingerprint density at radius 2 is 1.75 bits per heavy atom. The molecule has 1 nitrogen and oxygen atoms in total. The van der Waals surface area contributed by atoms with Crippen molar-refractivity contribution < 1.29 is 5.11 Å². The van der Waals surface area contributed by atoms with Crippen molar-refractivity contribution in [1.82, 2.24) is 0 Å². The maximum Gasteiger partial charge on any atom is 0.0774 e. The molecule has 0 saturated heterocycles. The number of aliphatic hydroxyl groups is 1. The van der Waals surface area contributed by atoms with Gasteiger partial charge >= 0.3 is 0 Å². The smallest absolute Gasteiger partial charge is 0.0774 e. The predicted octanol–water partition coefficient (Wildman–Crippen LogP) is 5.70. The van der Waals surface area contributed by atoms with Crippen molar-refractivity contribution in [2.75, 3.05) is 0 Å². The van der Waals surface area contributed by atoms with E-state index in [0.29, 0.717) is 5.92 Å². The quantitative estimate of drug-likeness (QED) is 0.450. The Morgan fingerprint density at radius 3 is 2.30 bits per heavy atom. The fourth-order valence-electron chi connectivity index (χ4n) is 3.37. The summed E-state index contributed by atoms with van der Waals surface area (Å²) in [6, 6.07) is 0. The Bertz CT molecular complexity index is 284. The van der Waals surface area contributed by atoms with Gasteiger partial charge in [-0.1, -0.05) is 70.8 Å². The van der Waals surface area contributed by atoms with Crippen molar-refractivity contribution in [3.8, 4) is 0 Å². The van der Waals surface area contributed by atoms with Crippen LogP contribution in [-0.2, 0) is 0 Å². The first kappa shape index (κ1) is 18.0. The summed E-state index contributed by atoms with van der Waals surface area (Å²) in [7, 11) is -1.24. The van der Waals surface area contributed by atoms with Gasteiger partial charge in [-0.15, -0.1) is 0 Å². The van der Waals surface area contributed by atoms with Gasteiger partial charge in [0.15, 0.2) is 0 Å². The summed E-state index contributed by atoms with van der Waals surface area (Å²) >= 11 is 0. The molecule has 1 atom stereocenters. The summed E-state index contributed by atoms with van der Waals surface area (Å²) in [6.07, 6.45) is 12.6. The highest BCUT2D eigenvalue weighted by Crippen LogP contribution is 2.31. The highest BCUT2D eigenvalue weighted by Gasteiger charge is 2.25. The normalized spacial score (nSPS) is 20.1. The highest BCUT2D eigenvalue weighted by atomic mass is 28.3. The van der Waals surface area contributed by atoms with E-state index in [1.54, 1.807) is 0 Å². The zero-order chi connectivity index (χ0) is 15.0. The van der Waals surface area contributed by atoms with Crippen LogP contribution in [0.4, 0.5) is 0 Å². The number of aliphatic hydroxyl groups excluding tert-OH is 1. The van der Waals surface area contributed by atoms with Crippen molar-refractivity contribution >= 4 is 8.07 Å². The summed E-state index contributed by atoms with van der Waals surface area (Å²) in [4.78, 5) is 0. The van der Waals surface area contributed by atoms with E-state index in [0.717, 1.165) is 6.42 Å². The summed E-state index contributed by atoms with van der Waals surface area (Å²) < 4.78 is 0. The molecule has 0 aromatic heterocycles. The van der Waals surface area contributed by atoms with Crippen LogP contribution in [0.25, 0.3) is 0 Å². The third-order valence-electron chi connectivity index (χ3n) is 4.41. The molecule has 118 valence electrons. The van der Waals surface area contributed by atoms with Crippen molar-refractivity contribution in [1.29, 1.82) is 0 Å². The minimum absolute atomic E-state index is 0.149. The van der Waals surface area contributed by atoms with Gasteiger partial charge in [-0.05, 0) is 37.2 Å². The Hall–Kier alpha value is -0.0831. The van der Waals surface area contributed by atoms with Gasteiger partial charge in [0.1, 0.15) is 0 Å². The zero-order valence-electron chi connectivity index (χ0n) is 14.3. The molecule has 0 bridgehead atoms. The van der Waals surface area contributed by atoms with Gasteiger partial charge < -0.3 is 5.11 Å². The second-order valence-electron chi connectivity index (χ2n) is 7.74. The van der Waals surface area contributed by atoms with Crippen molar-refractivity contribution in [3.63, 3.8) is 0 Å². The van der Waals surface area contributed by atoms with Gasteiger partial charge in [-0.25, -0.2) is 0 Å². The molecule has 0 aliphatic heterocycles. The first-order valence-electron chi connectivity index (χ1n) is 8.83. The maximum absolute atomic E-state index is 10.8. The van der Waals surface area contributed by atoms with Gasteiger partial charge in [0.2, 0.25) is 0 Å². The first-order valence-corrected chi connectivity index (χ1v) is 12.4. The number of hydrogen-bond donors (Lipinski definition) is 1. The molecule has 1 unspecified atom stereocenters. The largest absolute Gasteiger partial charge is 0.388 e. The molecule has 1 aliphatic rings. The van der Waals surface area contributed by atoms with Crippen molar-refractivity contribution in [3.05, 3.63) is 11.3 Å². The van der Waals surface area contributed by atoms with Crippen LogP contribution in [0, 0.1) is 5.92 Å². The van der Waals surface area contributed by atoms with Gasteiger partial charge in [0.05, 0.1) is 14.2 Å². The van der Waals surface area contributed by atoms with Gasteiger partial charge in [-0.2, -0.15) is 0 Å². The number of rotatable bonds is 8. The fraction of sp³-hybridized carbons (Fsp3) is 0.889. The van der Waals surface area contributed by atoms with E-state index in [1.807, 2.05) is 0 Å². The molecule has 2 heteroatoms. The average Bonchev–Trinajstić information content (AvgIpc) is 2.41. The van der Waals surface area contributed by atoms with Crippen molar-refractivity contribution in [2.45, 2.75) is 96.9 Å². The molecular formula is C18H36OSi. The Balaban J connectivity index is 2.62. The summed E-state index contributed by atoms with van der Waals surface area (Å²) in [5.41, 5.74) is 3.87. The lowest BCUT2D eigenvalue weighted by Gasteiger charge is -2.30. The molecule has 1 rings (SSSR count). The van der Waals surface area contributed by atoms with Gasteiger partial charge in [0, 0.05) is 0 Å². The number of hydrogen-bond acceptors (Lipinski definition) is 1. The molecule has 1 saturated carbocycles. The van der Waals surface area contributed by atoms with Crippen LogP contribution in [-0.4, -0.2) is 19.3 Å². The van der Waals surface area contributed by atoms with Crippen LogP contribution in [0.3, 0.4) is 0 Å². The molecule has 0 heterocycles. The minimum atomic E-state index is -1.24. The van der Waals surface area contributed by atoms with E-state index >= 15 is 0 Å². The predicted molar refractivity (Wildman–Crippen MR) is 92.8 cm³/mol. The van der Waals surface area contributed by atoms with Gasteiger partial charge in [-0.3, -0.25) is 0 Å². The molecule has 1 aliphatic carbocycles. The summed E-state index contributed by atoms with van der Waals surface area (Å²) in [5.74, 6) is 0.539. The molecule has 0 radical (unpaired) electrons. The lowest BCUT2D eigenvalue weighted by molar-refractivity contribution is 0.112. The highest BCUT2D eigenvalue weighted by molar-refractivity contribution is 6.81. The van der Waals surface area contributed by atoms with E-state index in [2.05, 4.69) is 32.3 Å². The molecule has 1 fully saturated rings. The molecule has 0 amide bonds. The maximum atomic E-state index is 10.8. The average molecular weight is 297 g/mol. The van der Waals surface area contributed by atoms with E-state index in [9.17, 15) is 5.11 Å². The topological polar surface area (TPSA) is 20.2 Å². The SMILES string of the molecule is CCCCCC/C(=C\[Si](C)(C)C)C(O)C1CCCCC1. The zero-order valence-corrected chi connectivity index (χ0v) is 15.3. The number of unbranched alkanes of at least 4 members (excludes halogenated alkanes) is 3. The van der Waals surface area contributed by atoms with Crippen LogP contribution in [0.15, 0.2) is 11.3 Å². The fourth-order valence-corrected chi connectivity index (χ4v) is 4.80. The van der Waals surface area contributed by atoms with Crippen molar-refractivity contribution in [2.24, 2.45) is 5.92 Å². The van der Waals surface area contributed by atoms with Crippen LogP contribution in [0.2, 0.25) is 19.6 Å². The van der Waals surface area contributed by atoms with E-state index in [1.165, 1.54) is 63.4 Å². The standard InChI is InChI=1S/C18H36OSi/c1-5-6-7-9-14-17(15-20(2,3)4)18(19)16-12-10-8-11-13-16/h15-16,18-19H,5-14H2,1-4H3/b17-15+. The third-order valence-corrected chi connectivity index (χ3v) is 5.65. The second kappa shape index (κ2) is 9.04. The van der Waals surface area contributed by atoms with Gasteiger partial charge in [0.25, 0.3) is 0 Å². The van der Waals surface area contributed by atoms with Crippen LogP contribution < -0.4 is 0 Å². The minimum Gasteiger partial charge on any atom is -0.388 e. The molecule has 0 aromatic rings. The lowest BCUT2D eigenvalue weighted by atomic mass is 9.82. The van der Waals surface area contributed by atoms with Crippen LogP contribution >= 0.6 is 0 Å². The lowest BCUT2D eigenvalue weighted by Crippen LogP contribution is -2.28. The van der Waals surface area contributed by atoms with Crippen LogP contribution in [0.1, 0.15) is 71.1 Å². The Labute approximate surface area is 127 Å². The molecular weight excluding hydrogens is 260 g/mol. The summed E-state index contributed by atoms with van der Waals surface area (Å²) in [5, 5.41) is 10.8. The second-order valence-corrected chi connectivity index (χ2v) is 12.8. The first-order chi connectivity index (χ1) is 9.44. The molecule has 1 N–H and O–H groups in total. The summed E-state index contributed by atoms with van der Waals surface area (Å²) in [6.45, 7) is 9.40. The molecule has 0 spiro atoms. The monoisotopic (exact) mass is 296 g/mol. The third kappa shape index (κ3) is 7.08. The van der Waals surface area contributed by atoms with E-state index in [4.69, 9.17) is 0 Å². The van der Waals surface area contributed by atoms with E-state index < -0.39 is 8.07 Å². The Kier molecular flexibility index (Phi) is 8.12.